The first-order valence-electron chi connectivity index (χ1n) is 13.6. The van der Waals surface area contributed by atoms with E-state index in [1.165, 1.54) is 28.7 Å². The number of benzene rings is 4. The van der Waals surface area contributed by atoms with Gasteiger partial charge in [-0.05, 0) is 88.1 Å². The number of methoxy groups -OCH3 is 2. The number of rotatable bonds is 4. The normalized spacial score (nSPS) is 18.0. The molecule has 6 rings (SSSR count). The number of hydrogen-bond acceptors (Lipinski definition) is 4. The van der Waals surface area contributed by atoms with Gasteiger partial charge in [-0.15, -0.1) is 0 Å². The Morgan fingerprint density at radius 1 is 0.718 bits per heavy atom. The smallest absolute Gasteiger partial charge is 0.150 e. The van der Waals surface area contributed by atoms with Crippen LogP contribution in [0.25, 0.3) is 33.0 Å². The van der Waals surface area contributed by atoms with E-state index >= 15 is 0 Å². The van der Waals surface area contributed by atoms with Gasteiger partial charge in [-0.1, -0.05) is 58.0 Å². The van der Waals surface area contributed by atoms with Gasteiger partial charge >= 0.3 is 0 Å². The molecule has 4 aromatic rings. The van der Waals surface area contributed by atoms with Crippen molar-refractivity contribution in [2.45, 2.75) is 52.4 Å². The summed E-state index contributed by atoms with van der Waals surface area (Å²) >= 11 is 0. The van der Waals surface area contributed by atoms with Crippen LogP contribution in [-0.4, -0.2) is 25.6 Å². The van der Waals surface area contributed by atoms with Gasteiger partial charge in [0.15, 0.2) is 0 Å². The summed E-state index contributed by atoms with van der Waals surface area (Å²) in [5, 5.41) is 13.4. The van der Waals surface area contributed by atoms with Crippen LogP contribution in [0.2, 0.25) is 0 Å². The Hall–Kier alpha value is -3.79. The molecule has 200 valence electrons. The molecular weight excluding hydrogens is 484 g/mol. The monoisotopic (exact) mass is 520 g/mol. The van der Waals surface area contributed by atoms with E-state index in [-0.39, 0.29) is 22.0 Å². The van der Waals surface area contributed by atoms with Crippen LogP contribution in [0.4, 0.5) is 0 Å². The number of fused-ring (bicyclic) bond motifs is 7. The van der Waals surface area contributed by atoms with E-state index in [2.05, 4.69) is 58.0 Å². The molecular formula is C35H36O4. The maximum atomic E-state index is 11.6. The van der Waals surface area contributed by atoms with Gasteiger partial charge in [0.1, 0.15) is 23.5 Å². The maximum Gasteiger partial charge on any atom is 0.150 e. The molecule has 0 bridgehead atoms. The predicted molar refractivity (Wildman–Crippen MR) is 157 cm³/mol. The van der Waals surface area contributed by atoms with Gasteiger partial charge < -0.3 is 14.6 Å². The zero-order valence-corrected chi connectivity index (χ0v) is 23.6. The lowest BCUT2D eigenvalue weighted by atomic mass is 9.52. The summed E-state index contributed by atoms with van der Waals surface area (Å²) < 4.78 is 11.6. The lowest BCUT2D eigenvalue weighted by Crippen LogP contribution is -2.43. The maximum absolute atomic E-state index is 11.6. The zero-order chi connectivity index (χ0) is 27.7. The van der Waals surface area contributed by atoms with Gasteiger partial charge in [0.2, 0.25) is 0 Å². The van der Waals surface area contributed by atoms with Gasteiger partial charge in [0.25, 0.3) is 0 Å². The van der Waals surface area contributed by atoms with E-state index in [1.807, 2.05) is 18.2 Å². The first-order valence-corrected chi connectivity index (χ1v) is 13.6. The molecule has 0 amide bonds. The molecule has 4 nitrogen and oxygen atoms in total. The topological polar surface area (TPSA) is 55.8 Å². The number of carbonyl (C=O) groups is 1. The van der Waals surface area contributed by atoms with Crippen LogP contribution in [-0.2, 0) is 5.41 Å². The number of aldehydes is 1. The minimum Gasteiger partial charge on any atom is -0.507 e. The van der Waals surface area contributed by atoms with E-state index in [1.54, 1.807) is 26.4 Å². The molecule has 39 heavy (non-hydrogen) atoms. The van der Waals surface area contributed by atoms with Gasteiger partial charge in [-0.25, -0.2) is 0 Å². The Balaban J connectivity index is 1.67. The molecule has 4 aromatic carbocycles. The molecule has 0 atom stereocenters. The predicted octanol–water partition coefficient (Wildman–Crippen LogP) is 8.54. The molecule has 0 radical (unpaired) electrons. The quantitative estimate of drug-likeness (QED) is 0.274. The first-order chi connectivity index (χ1) is 18.5. The average molecular weight is 521 g/mol. The molecule has 1 fully saturated rings. The molecule has 4 heteroatoms. The standard InChI is InChI=1S/C35H36O4/c1-33(2)18-34(3,4)20-35(19-33)27-10-8-7-9-23(27)32-26-15-31(39-6)25(14-24(26)29(37)16-28(32)35)22-12-11-21(17-36)13-30(22)38-5/h7-17,37H,18-20H2,1-6H3. The molecule has 2 aliphatic carbocycles. The Kier molecular flexibility index (Phi) is 5.62. The summed E-state index contributed by atoms with van der Waals surface area (Å²) in [5.41, 5.74) is 7.32. The van der Waals surface area contributed by atoms with E-state index in [0.29, 0.717) is 17.1 Å². The number of carbonyl (C=O) groups excluding carboxylic acids is 1. The third-order valence-electron chi connectivity index (χ3n) is 8.83. The molecule has 1 N–H and O–H groups in total. The molecule has 0 saturated heterocycles. The van der Waals surface area contributed by atoms with Crippen LogP contribution in [0, 0.1) is 10.8 Å². The number of ether oxygens (including phenoxy) is 2. The van der Waals surface area contributed by atoms with Crippen molar-refractivity contribution in [3.63, 3.8) is 0 Å². The Morgan fingerprint density at radius 2 is 1.38 bits per heavy atom. The summed E-state index contributed by atoms with van der Waals surface area (Å²) in [6, 6.07) is 20.2. The lowest BCUT2D eigenvalue weighted by molar-refractivity contribution is 0.0645. The fourth-order valence-corrected chi connectivity index (χ4v) is 8.24. The van der Waals surface area contributed by atoms with E-state index < -0.39 is 0 Å². The third kappa shape index (κ3) is 3.83. The fraction of sp³-hybridized carbons (Fsp3) is 0.343. The van der Waals surface area contributed by atoms with Crippen LogP contribution in [0.5, 0.6) is 17.2 Å². The molecule has 0 unspecified atom stereocenters. The van der Waals surface area contributed by atoms with E-state index in [0.717, 1.165) is 41.0 Å². The SMILES string of the molecule is COc1cc(C=O)ccc1-c1cc2c(O)cc3c(c2cc1OC)-c1ccccc1C31CC(C)(C)CC(C)(C)C1. The summed E-state index contributed by atoms with van der Waals surface area (Å²) in [4.78, 5) is 11.4. The van der Waals surface area contributed by atoms with Crippen LogP contribution in [0.15, 0.2) is 60.7 Å². The molecule has 0 heterocycles. The molecule has 2 aliphatic rings. The molecule has 0 aromatic heterocycles. The summed E-state index contributed by atoms with van der Waals surface area (Å²) in [7, 11) is 3.26. The van der Waals surface area contributed by atoms with Gasteiger partial charge in [-0.2, -0.15) is 0 Å². The van der Waals surface area contributed by atoms with E-state index in [9.17, 15) is 9.90 Å². The second-order valence-corrected chi connectivity index (χ2v) is 13.0. The van der Waals surface area contributed by atoms with Gasteiger partial charge in [0.05, 0.1) is 14.2 Å². The summed E-state index contributed by atoms with van der Waals surface area (Å²) in [5.74, 6) is 1.54. The van der Waals surface area contributed by atoms with E-state index in [4.69, 9.17) is 9.47 Å². The number of phenols is 1. The van der Waals surface area contributed by atoms with Crippen molar-refractivity contribution in [2.24, 2.45) is 10.8 Å². The second kappa shape index (κ2) is 8.61. The Bertz CT molecular complexity index is 1630. The van der Waals surface area contributed by atoms with Crippen LogP contribution < -0.4 is 9.47 Å². The van der Waals surface area contributed by atoms with Crippen molar-refractivity contribution in [2.75, 3.05) is 14.2 Å². The average Bonchev–Trinajstić information content (AvgIpc) is 3.14. The largest absolute Gasteiger partial charge is 0.507 e. The first kappa shape index (κ1) is 25.5. The minimum absolute atomic E-state index is 0.160. The lowest BCUT2D eigenvalue weighted by Gasteiger charge is -2.51. The molecule has 1 spiro atoms. The van der Waals surface area contributed by atoms with Gasteiger partial charge in [0, 0.05) is 27.5 Å². The van der Waals surface area contributed by atoms with Gasteiger partial charge in [-0.3, -0.25) is 4.79 Å². The molecule has 1 saturated carbocycles. The highest BCUT2D eigenvalue weighted by molar-refractivity contribution is 6.08. The highest BCUT2D eigenvalue weighted by atomic mass is 16.5. The van der Waals surface area contributed by atoms with Crippen molar-refractivity contribution in [1.82, 2.24) is 0 Å². The number of phenolic OH excluding ortho intramolecular Hbond substituents is 1. The Labute approximate surface area is 230 Å². The number of hydrogen-bond donors (Lipinski definition) is 1. The zero-order valence-electron chi connectivity index (χ0n) is 23.6. The van der Waals surface area contributed by atoms with Crippen molar-refractivity contribution in [3.05, 3.63) is 77.4 Å². The van der Waals surface area contributed by atoms with Crippen molar-refractivity contribution >= 4 is 17.1 Å². The summed E-state index contributed by atoms with van der Waals surface area (Å²) in [6.07, 6.45) is 4.04. The van der Waals surface area contributed by atoms with Crippen molar-refractivity contribution in [3.8, 4) is 39.5 Å². The van der Waals surface area contributed by atoms with Crippen molar-refractivity contribution < 1.29 is 19.4 Å². The highest BCUT2D eigenvalue weighted by Gasteiger charge is 2.53. The third-order valence-corrected chi connectivity index (χ3v) is 8.83. The molecule has 0 aliphatic heterocycles. The summed E-state index contributed by atoms with van der Waals surface area (Å²) in [6.45, 7) is 9.54. The Morgan fingerprint density at radius 3 is 2.05 bits per heavy atom. The van der Waals surface area contributed by atoms with Crippen molar-refractivity contribution in [1.29, 1.82) is 0 Å². The minimum atomic E-state index is -0.164. The van der Waals surface area contributed by atoms with Crippen LogP contribution in [0.3, 0.4) is 0 Å². The van der Waals surface area contributed by atoms with Crippen LogP contribution >= 0.6 is 0 Å². The highest BCUT2D eigenvalue weighted by Crippen LogP contribution is 2.65. The fourth-order valence-electron chi connectivity index (χ4n) is 8.24. The second-order valence-electron chi connectivity index (χ2n) is 13.0. The van der Waals surface area contributed by atoms with Crippen LogP contribution in [0.1, 0.15) is 68.4 Å². The number of aromatic hydroxyl groups is 1.